The van der Waals surface area contributed by atoms with E-state index in [1.54, 1.807) is 17.0 Å². The Labute approximate surface area is 165 Å². The van der Waals surface area contributed by atoms with Crippen molar-refractivity contribution < 1.29 is 19.4 Å². The number of likely N-dealkylation sites (tertiary alicyclic amines) is 1. The van der Waals surface area contributed by atoms with Crippen LogP contribution in [0.5, 0.6) is 5.75 Å². The Kier molecular flexibility index (Phi) is 6.66. The molecule has 6 nitrogen and oxygen atoms in total. The smallest absolute Gasteiger partial charge is 0.262 e. The highest BCUT2D eigenvalue weighted by molar-refractivity contribution is 5.92. The van der Waals surface area contributed by atoms with Crippen molar-refractivity contribution in [2.45, 2.75) is 32.3 Å². The van der Waals surface area contributed by atoms with E-state index >= 15 is 0 Å². The third-order valence-corrected chi connectivity index (χ3v) is 4.86. The van der Waals surface area contributed by atoms with Crippen molar-refractivity contribution in [3.63, 3.8) is 0 Å². The van der Waals surface area contributed by atoms with E-state index in [9.17, 15) is 14.7 Å². The van der Waals surface area contributed by atoms with Crippen molar-refractivity contribution in [3.8, 4) is 5.75 Å². The van der Waals surface area contributed by atoms with Crippen LogP contribution < -0.4 is 10.1 Å². The van der Waals surface area contributed by atoms with Gasteiger partial charge in [0.2, 0.25) is 5.91 Å². The maximum Gasteiger partial charge on any atom is 0.262 e. The van der Waals surface area contributed by atoms with E-state index in [4.69, 9.17) is 4.74 Å². The van der Waals surface area contributed by atoms with E-state index < -0.39 is 0 Å². The molecule has 2 aromatic carbocycles. The molecule has 6 heteroatoms. The van der Waals surface area contributed by atoms with Crippen molar-refractivity contribution in [1.82, 2.24) is 4.90 Å². The van der Waals surface area contributed by atoms with Crippen LogP contribution >= 0.6 is 0 Å². The second kappa shape index (κ2) is 9.37. The lowest BCUT2D eigenvalue weighted by Crippen LogP contribution is -2.40. The number of nitrogens with one attached hydrogen (secondary N) is 1. The molecule has 1 aliphatic rings. The molecule has 28 heavy (non-hydrogen) atoms. The first-order chi connectivity index (χ1) is 13.5. The minimum Gasteiger partial charge on any atom is -0.483 e. The zero-order valence-corrected chi connectivity index (χ0v) is 16.1. The van der Waals surface area contributed by atoms with E-state index in [1.807, 2.05) is 43.3 Å². The van der Waals surface area contributed by atoms with Crippen molar-refractivity contribution in [2.75, 3.05) is 25.0 Å². The van der Waals surface area contributed by atoms with E-state index in [0.717, 1.165) is 11.1 Å². The van der Waals surface area contributed by atoms with Gasteiger partial charge in [-0.3, -0.25) is 9.59 Å². The second-order valence-electron chi connectivity index (χ2n) is 7.09. The lowest BCUT2D eigenvalue weighted by Gasteiger charge is -2.29. The second-order valence-corrected chi connectivity index (χ2v) is 7.09. The molecule has 0 radical (unpaired) electrons. The van der Waals surface area contributed by atoms with Gasteiger partial charge in [-0.15, -0.1) is 0 Å². The minimum absolute atomic E-state index is 0.0636. The molecule has 0 aromatic heterocycles. The monoisotopic (exact) mass is 382 g/mol. The Morgan fingerprint density at radius 3 is 2.46 bits per heavy atom. The topological polar surface area (TPSA) is 78.9 Å². The number of hydrogen-bond donors (Lipinski definition) is 2. The van der Waals surface area contributed by atoms with Crippen LogP contribution in [0.4, 0.5) is 5.69 Å². The van der Waals surface area contributed by atoms with E-state index in [-0.39, 0.29) is 24.5 Å². The third-order valence-electron chi connectivity index (χ3n) is 4.86. The highest BCUT2D eigenvalue weighted by Crippen LogP contribution is 2.17. The molecule has 1 saturated heterocycles. The lowest BCUT2D eigenvalue weighted by molar-refractivity contribution is -0.132. The number of amides is 2. The van der Waals surface area contributed by atoms with Crippen molar-refractivity contribution in [1.29, 1.82) is 0 Å². The van der Waals surface area contributed by atoms with Gasteiger partial charge in [-0.1, -0.05) is 30.3 Å². The molecule has 0 bridgehead atoms. The summed E-state index contributed by atoms with van der Waals surface area (Å²) in [7, 11) is 0. The molecule has 0 spiro atoms. The molecule has 0 saturated carbocycles. The van der Waals surface area contributed by atoms with Crippen LogP contribution in [0, 0.1) is 6.92 Å². The summed E-state index contributed by atoms with van der Waals surface area (Å²) in [6.07, 6.45) is 1.31. The van der Waals surface area contributed by atoms with Crippen molar-refractivity contribution >= 4 is 17.5 Å². The molecule has 0 unspecified atom stereocenters. The van der Waals surface area contributed by atoms with Crippen LogP contribution in [0.15, 0.2) is 48.5 Å². The fourth-order valence-electron chi connectivity index (χ4n) is 3.17. The predicted molar refractivity (Wildman–Crippen MR) is 107 cm³/mol. The molecule has 1 fully saturated rings. The molecule has 0 atom stereocenters. The van der Waals surface area contributed by atoms with Gasteiger partial charge in [0.25, 0.3) is 5.91 Å². The maximum absolute atomic E-state index is 12.3. The molecule has 148 valence electrons. The first-order valence-electron chi connectivity index (χ1n) is 9.54. The number of piperidine rings is 1. The molecular formula is C22H26N2O4. The molecule has 2 aromatic rings. The Morgan fingerprint density at radius 2 is 1.79 bits per heavy atom. The van der Waals surface area contributed by atoms with Crippen LogP contribution in [-0.4, -0.2) is 47.6 Å². The quantitative estimate of drug-likeness (QED) is 0.805. The van der Waals surface area contributed by atoms with Crippen molar-refractivity contribution in [2.24, 2.45) is 0 Å². The van der Waals surface area contributed by atoms with Gasteiger partial charge in [0.1, 0.15) is 5.75 Å². The summed E-state index contributed by atoms with van der Waals surface area (Å²) in [5.74, 6) is 0.519. The van der Waals surface area contributed by atoms with E-state index in [0.29, 0.717) is 43.8 Å². The molecule has 1 aliphatic heterocycles. The van der Waals surface area contributed by atoms with Gasteiger partial charge in [0.15, 0.2) is 6.61 Å². The average Bonchev–Trinajstić information content (AvgIpc) is 2.69. The fraction of sp³-hybridized carbons (Fsp3) is 0.364. The molecule has 3 rings (SSSR count). The van der Waals surface area contributed by atoms with Crippen LogP contribution in [0.25, 0.3) is 0 Å². The summed E-state index contributed by atoms with van der Waals surface area (Å²) < 4.78 is 5.54. The number of aryl methyl sites for hydroxylation is 1. The summed E-state index contributed by atoms with van der Waals surface area (Å²) >= 11 is 0. The number of para-hydroxylation sites is 1. The summed E-state index contributed by atoms with van der Waals surface area (Å²) in [6.45, 7) is 3.08. The number of carbonyl (C=O) groups excluding carboxylic acids is 2. The number of aliphatic hydroxyl groups excluding tert-OH is 1. The zero-order chi connectivity index (χ0) is 19.9. The number of rotatable bonds is 6. The standard InChI is InChI=1S/C22H26N2O4/c1-16-4-2-3-5-20(16)28-15-21(26)23-18-8-6-17(7-9-18)14-22(27)24-12-10-19(25)11-13-24/h2-9,19,25H,10-15H2,1H3,(H,23,26). The Hall–Kier alpha value is -2.86. The fourth-order valence-corrected chi connectivity index (χ4v) is 3.17. The summed E-state index contributed by atoms with van der Waals surface area (Å²) in [5.41, 5.74) is 2.54. The van der Waals surface area contributed by atoms with Crippen molar-refractivity contribution in [3.05, 3.63) is 59.7 Å². The van der Waals surface area contributed by atoms with E-state index in [1.165, 1.54) is 0 Å². The lowest BCUT2D eigenvalue weighted by atomic mass is 10.1. The third kappa shape index (κ3) is 5.57. The van der Waals surface area contributed by atoms with Gasteiger partial charge in [-0.25, -0.2) is 0 Å². The summed E-state index contributed by atoms with van der Waals surface area (Å²) in [5, 5.41) is 12.3. The molecule has 2 N–H and O–H groups in total. The van der Waals surface area contributed by atoms with Crippen LogP contribution in [0.2, 0.25) is 0 Å². The normalized spacial score (nSPS) is 14.6. The summed E-state index contributed by atoms with van der Waals surface area (Å²) in [4.78, 5) is 26.2. The number of anilines is 1. The van der Waals surface area contributed by atoms with Gasteiger partial charge >= 0.3 is 0 Å². The Bertz CT molecular complexity index is 812. The van der Waals surface area contributed by atoms with E-state index in [2.05, 4.69) is 5.32 Å². The van der Waals surface area contributed by atoms with Crippen LogP contribution in [-0.2, 0) is 16.0 Å². The van der Waals surface area contributed by atoms with Gasteiger partial charge in [0.05, 0.1) is 12.5 Å². The number of ether oxygens (including phenoxy) is 1. The zero-order valence-electron chi connectivity index (χ0n) is 16.1. The molecular weight excluding hydrogens is 356 g/mol. The Balaban J connectivity index is 1.46. The Morgan fingerprint density at radius 1 is 1.11 bits per heavy atom. The van der Waals surface area contributed by atoms with Gasteiger partial charge in [-0.2, -0.15) is 0 Å². The average molecular weight is 382 g/mol. The van der Waals surface area contributed by atoms with Gasteiger partial charge in [0, 0.05) is 18.8 Å². The SMILES string of the molecule is Cc1ccccc1OCC(=O)Nc1ccc(CC(=O)N2CCC(O)CC2)cc1. The number of aliphatic hydroxyl groups is 1. The number of benzene rings is 2. The van der Waals surface area contributed by atoms with Gasteiger partial charge < -0.3 is 20.1 Å². The van der Waals surface area contributed by atoms with Crippen LogP contribution in [0.3, 0.4) is 0 Å². The highest BCUT2D eigenvalue weighted by Gasteiger charge is 2.21. The van der Waals surface area contributed by atoms with Gasteiger partial charge in [-0.05, 0) is 49.1 Å². The van der Waals surface area contributed by atoms with Crippen LogP contribution in [0.1, 0.15) is 24.0 Å². The molecule has 0 aliphatic carbocycles. The predicted octanol–water partition coefficient (Wildman–Crippen LogP) is 2.54. The highest BCUT2D eigenvalue weighted by atomic mass is 16.5. The number of hydrogen-bond acceptors (Lipinski definition) is 4. The molecule has 1 heterocycles. The largest absolute Gasteiger partial charge is 0.483 e. The number of nitrogens with zero attached hydrogens (tertiary/aromatic N) is 1. The first kappa shape index (κ1) is 19.9. The maximum atomic E-state index is 12.3. The number of carbonyl (C=O) groups is 2. The first-order valence-corrected chi connectivity index (χ1v) is 9.54. The minimum atomic E-state index is -0.290. The summed E-state index contributed by atoms with van der Waals surface area (Å²) in [6, 6.07) is 14.8. The molecule has 2 amide bonds.